The molecule has 0 saturated carbocycles. The Morgan fingerprint density at radius 1 is 1.07 bits per heavy atom. The summed E-state index contributed by atoms with van der Waals surface area (Å²) in [7, 11) is 0. The molecule has 0 fully saturated rings. The van der Waals surface area contributed by atoms with Crippen LogP contribution in [0.25, 0.3) is 22.0 Å². The summed E-state index contributed by atoms with van der Waals surface area (Å²) < 4.78 is 12.0. The average molecular weight is 390 g/mol. The molecule has 0 spiro atoms. The highest BCUT2D eigenvalue weighted by atomic mass is 16.5. The van der Waals surface area contributed by atoms with E-state index in [0.29, 0.717) is 16.8 Å². The van der Waals surface area contributed by atoms with Crippen molar-refractivity contribution < 1.29 is 14.3 Å². The molecule has 29 heavy (non-hydrogen) atoms. The normalized spacial score (nSPS) is 12.3. The minimum absolute atomic E-state index is 0.0423. The van der Waals surface area contributed by atoms with Crippen molar-refractivity contribution in [2.45, 2.75) is 26.2 Å². The Morgan fingerprint density at radius 3 is 2.55 bits per heavy atom. The first-order valence-corrected chi connectivity index (χ1v) is 9.47. The van der Waals surface area contributed by atoms with Gasteiger partial charge in [-0.15, -0.1) is 0 Å². The number of furan rings is 1. The summed E-state index contributed by atoms with van der Waals surface area (Å²) in [5.41, 5.74) is 2.55. The van der Waals surface area contributed by atoms with Gasteiger partial charge in [0.2, 0.25) is 0 Å². The lowest BCUT2D eigenvalue weighted by Gasteiger charge is -2.15. The third kappa shape index (κ3) is 4.29. The van der Waals surface area contributed by atoms with Crippen LogP contribution in [0.3, 0.4) is 0 Å². The fourth-order valence-electron chi connectivity index (χ4n) is 3.23. The summed E-state index contributed by atoms with van der Waals surface area (Å²) in [4.78, 5) is 12.9. The zero-order valence-corrected chi connectivity index (χ0v) is 16.1. The summed E-state index contributed by atoms with van der Waals surface area (Å²) in [5.74, 6) is 0.680. The number of fused-ring (bicyclic) bond motifs is 1. The number of benzene rings is 2. The van der Waals surface area contributed by atoms with Gasteiger partial charge in [0.15, 0.2) is 0 Å². The van der Waals surface area contributed by atoms with E-state index in [4.69, 9.17) is 9.15 Å². The molecule has 0 radical (unpaired) electrons. The molecule has 0 amide bonds. The van der Waals surface area contributed by atoms with E-state index in [1.165, 1.54) is 4.68 Å². The molecule has 1 N–H and O–H groups in total. The van der Waals surface area contributed by atoms with Crippen molar-refractivity contribution in [3.63, 3.8) is 0 Å². The highest BCUT2D eigenvalue weighted by molar-refractivity contribution is 5.93. The van der Waals surface area contributed by atoms with Crippen molar-refractivity contribution >= 4 is 10.8 Å². The van der Waals surface area contributed by atoms with Crippen LogP contribution >= 0.6 is 0 Å². The van der Waals surface area contributed by atoms with Crippen LogP contribution in [0.4, 0.5) is 0 Å². The van der Waals surface area contributed by atoms with Crippen LogP contribution in [0.1, 0.15) is 11.3 Å². The molecule has 4 rings (SSSR count). The Hall–Kier alpha value is -3.22. The first kappa shape index (κ1) is 19.1. The second kappa shape index (κ2) is 8.43. The predicted octanol–water partition coefficient (Wildman–Crippen LogP) is 3.54. The zero-order valence-electron chi connectivity index (χ0n) is 16.1. The Balaban J connectivity index is 1.61. The van der Waals surface area contributed by atoms with Crippen molar-refractivity contribution in [2.24, 2.45) is 0 Å². The molecule has 1 unspecified atom stereocenters. The molecule has 148 valence electrons. The lowest BCUT2D eigenvalue weighted by molar-refractivity contribution is 0.0126. The Morgan fingerprint density at radius 2 is 1.83 bits per heavy atom. The number of aliphatic hydroxyl groups excluding tert-OH is 1. The number of aromatic nitrogens is 2. The molecule has 4 aromatic rings. The van der Waals surface area contributed by atoms with Gasteiger partial charge in [-0.1, -0.05) is 48.0 Å². The maximum absolute atomic E-state index is 12.9. The molecular weight excluding hydrogens is 368 g/mol. The minimum Gasteiger partial charge on any atom is -0.467 e. The SMILES string of the molecule is Cc1ccc(-c2nn(CC(O)COCc3ccco3)c(=O)c3ccccc23)cc1. The first-order valence-electron chi connectivity index (χ1n) is 9.47. The predicted molar refractivity (Wildman–Crippen MR) is 111 cm³/mol. The van der Waals surface area contributed by atoms with Gasteiger partial charge in [0.1, 0.15) is 12.4 Å². The van der Waals surface area contributed by atoms with Gasteiger partial charge in [-0.05, 0) is 25.1 Å². The molecule has 2 aromatic carbocycles. The van der Waals surface area contributed by atoms with Gasteiger partial charge in [0.05, 0.1) is 36.6 Å². The largest absolute Gasteiger partial charge is 0.467 e. The second-order valence-electron chi connectivity index (χ2n) is 7.00. The van der Waals surface area contributed by atoms with E-state index >= 15 is 0 Å². The van der Waals surface area contributed by atoms with Crippen LogP contribution in [0.2, 0.25) is 0 Å². The summed E-state index contributed by atoms with van der Waals surface area (Å²) in [6.07, 6.45) is 0.697. The number of nitrogens with zero attached hydrogens (tertiary/aromatic N) is 2. The fourth-order valence-corrected chi connectivity index (χ4v) is 3.23. The van der Waals surface area contributed by atoms with Crippen molar-refractivity contribution in [3.05, 3.63) is 88.6 Å². The lowest BCUT2D eigenvalue weighted by Crippen LogP contribution is -2.31. The number of rotatable bonds is 7. The molecule has 2 aromatic heterocycles. The second-order valence-corrected chi connectivity index (χ2v) is 7.00. The molecule has 6 nitrogen and oxygen atoms in total. The summed E-state index contributed by atoms with van der Waals surface area (Å²) in [5, 5.41) is 16.3. The number of aliphatic hydroxyl groups is 1. The highest BCUT2D eigenvalue weighted by Gasteiger charge is 2.15. The van der Waals surface area contributed by atoms with Crippen LogP contribution in [0.5, 0.6) is 0 Å². The van der Waals surface area contributed by atoms with Crippen LogP contribution in [-0.2, 0) is 17.9 Å². The Labute approximate surface area is 168 Å². The van der Waals surface area contributed by atoms with E-state index in [1.807, 2.05) is 49.4 Å². The quantitative estimate of drug-likeness (QED) is 0.522. The number of ether oxygens (including phenoxy) is 1. The Bertz CT molecular complexity index is 1150. The van der Waals surface area contributed by atoms with Gasteiger partial charge < -0.3 is 14.3 Å². The number of aryl methyl sites for hydroxylation is 1. The van der Waals surface area contributed by atoms with Gasteiger partial charge in [0, 0.05) is 10.9 Å². The molecule has 0 aliphatic carbocycles. The van der Waals surface area contributed by atoms with E-state index in [1.54, 1.807) is 24.5 Å². The summed E-state index contributed by atoms with van der Waals surface area (Å²) in [6, 6.07) is 19.0. The topological polar surface area (TPSA) is 77.5 Å². The van der Waals surface area contributed by atoms with E-state index in [0.717, 1.165) is 16.5 Å². The van der Waals surface area contributed by atoms with Crippen molar-refractivity contribution in [1.82, 2.24) is 9.78 Å². The maximum atomic E-state index is 12.9. The van der Waals surface area contributed by atoms with Crippen LogP contribution < -0.4 is 5.56 Å². The summed E-state index contributed by atoms with van der Waals surface area (Å²) >= 11 is 0. The third-order valence-corrected chi connectivity index (χ3v) is 4.71. The number of hydrogen-bond donors (Lipinski definition) is 1. The number of hydrogen-bond acceptors (Lipinski definition) is 5. The van der Waals surface area contributed by atoms with Gasteiger partial charge in [0.25, 0.3) is 5.56 Å². The smallest absolute Gasteiger partial charge is 0.274 e. The van der Waals surface area contributed by atoms with Gasteiger partial charge in [-0.2, -0.15) is 5.10 Å². The molecule has 2 heterocycles. The van der Waals surface area contributed by atoms with E-state index < -0.39 is 6.10 Å². The average Bonchev–Trinajstić information content (AvgIpc) is 3.24. The van der Waals surface area contributed by atoms with Gasteiger partial charge >= 0.3 is 0 Å². The zero-order chi connectivity index (χ0) is 20.2. The van der Waals surface area contributed by atoms with Crippen LogP contribution in [-0.4, -0.2) is 27.6 Å². The van der Waals surface area contributed by atoms with Crippen LogP contribution in [0.15, 0.2) is 76.1 Å². The standard InChI is InChI=1S/C23H22N2O4/c1-16-8-10-17(11-9-16)22-20-6-2-3-7-21(20)23(27)25(24-22)13-18(26)14-28-15-19-5-4-12-29-19/h2-12,18,26H,13-15H2,1H3. The lowest BCUT2D eigenvalue weighted by atomic mass is 10.0. The molecular formula is C23H22N2O4. The maximum Gasteiger partial charge on any atom is 0.274 e. The van der Waals surface area contributed by atoms with Crippen molar-refractivity contribution in [1.29, 1.82) is 0 Å². The molecule has 1 atom stereocenters. The molecule has 0 saturated heterocycles. The van der Waals surface area contributed by atoms with Crippen molar-refractivity contribution in [3.8, 4) is 11.3 Å². The molecule has 6 heteroatoms. The monoisotopic (exact) mass is 390 g/mol. The molecule has 0 bridgehead atoms. The van der Waals surface area contributed by atoms with E-state index in [9.17, 15) is 9.90 Å². The minimum atomic E-state index is -0.873. The van der Waals surface area contributed by atoms with E-state index in [-0.39, 0.29) is 25.3 Å². The van der Waals surface area contributed by atoms with Crippen molar-refractivity contribution in [2.75, 3.05) is 6.61 Å². The Kier molecular flexibility index (Phi) is 5.55. The molecule has 0 aliphatic rings. The van der Waals surface area contributed by atoms with Crippen LogP contribution in [0, 0.1) is 6.92 Å². The summed E-state index contributed by atoms with van der Waals surface area (Å²) in [6.45, 7) is 2.40. The highest BCUT2D eigenvalue weighted by Crippen LogP contribution is 2.24. The molecule has 0 aliphatic heterocycles. The first-order chi connectivity index (χ1) is 14.1. The van der Waals surface area contributed by atoms with E-state index in [2.05, 4.69) is 5.10 Å². The third-order valence-electron chi connectivity index (χ3n) is 4.71. The van der Waals surface area contributed by atoms with Gasteiger partial charge in [-0.3, -0.25) is 4.79 Å². The fraction of sp³-hybridized carbons (Fsp3) is 0.217. The van der Waals surface area contributed by atoms with Gasteiger partial charge in [-0.25, -0.2) is 4.68 Å².